The van der Waals surface area contributed by atoms with E-state index in [4.69, 9.17) is 0 Å². The topological polar surface area (TPSA) is 86.2 Å². The molecule has 0 radical (unpaired) electrons. The fourth-order valence-electron chi connectivity index (χ4n) is 0. The summed E-state index contributed by atoms with van der Waals surface area (Å²) < 4.78 is 0. The van der Waals surface area contributed by atoms with E-state index in [-0.39, 0.29) is 0 Å². The van der Waals surface area contributed by atoms with Crippen LogP contribution in [0.2, 0.25) is 0 Å². The Morgan fingerprint density at radius 1 is 1.00 bits per heavy atom. The Bertz CT molecular complexity index is 168. The molecule has 0 aliphatic heterocycles. The van der Waals surface area contributed by atoms with E-state index in [9.17, 15) is 9.59 Å². The lowest BCUT2D eigenvalue weighted by Crippen LogP contribution is -2.04. The molecule has 0 bridgehead atoms. The van der Waals surface area contributed by atoms with Crippen LogP contribution >= 0.6 is 0 Å². The number of rotatable bonds is 2. The van der Waals surface area contributed by atoms with E-state index in [1.165, 1.54) is 0 Å². The zero-order chi connectivity index (χ0) is 11.3. The van der Waals surface area contributed by atoms with E-state index in [1.807, 2.05) is 6.92 Å². The van der Waals surface area contributed by atoms with E-state index >= 15 is 0 Å². The molecule has 0 spiro atoms. The number of hydrogen-bond acceptors (Lipinski definition) is 2. The summed E-state index contributed by atoms with van der Waals surface area (Å²) in [5, 5.41) is 0. The monoisotopic (exact) mass is 184 g/mol. The molecule has 0 saturated carbocycles. The molecular weight excluding hydrogens is 168 g/mol. The largest absolute Gasteiger partial charge is 0.366 e. The van der Waals surface area contributed by atoms with Gasteiger partial charge in [0, 0.05) is 0 Å². The van der Waals surface area contributed by atoms with Gasteiger partial charge in [-0.3, -0.25) is 9.59 Å². The molecule has 4 nitrogen and oxygen atoms in total. The summed E-state index contributed by atoms with van der Waals surface area (Å²) in [5.74, 6) is -0.963. The second kappa shape index (κ2) is 16.6. The molecular formula is C9H16N2O2. The van der Waals surface area contributed by atoms with Crippen molar-refractivity contribution in [1.82, 2.24) is 0 Å². The van der Waals surface area contributed by atoms with Crippen molar-refractivity contribution in [1.29, 1.82) is 0 Å². The smallest absolute Gasteiger partial charge is 0.240 e. The molecule has 0 rings (SSSR count). The van der Waals surface area contributed by atoms with Gasteiger partial charge in [0.2, 0.25) is 11.8 Å². The van der Waals surface area contributed by atoms with Gasteiger partial charge in [0.15, 0.2) is 0 Å². The maximum atomic E-state index is 9.47. The molecule has 0 atom stereocenters. The van der Waals surface area contributed by atoms with Crippen LogP contribution in [0, 0.1) is 0 Å². The number of nitrogens with two attached hydrogens (primary N) is 2. The van der Waals surface area contributed by atoms with Gasteiger partial charge in [-0.2, -0.15) is 0 Å². The summed E-state index contributed by atoms with van der Waals surface area (Å²) in [5.41, 5.74) is 9.07. The summed E-state index contributed by atoms with van der Waals surface area (Å²) in [6, 6.07) is 0. The first-order valence-corrected chi connectivity index (χ1v) is 3.37. The minimum absolute atomic E-state index is 0.481. The lowest BCUT2D eigenvalue weighted by Gasteiger charge is -1.65. The summed E-state index contributed by atoms with van der Waals surface area (Å²) in [4.78, 5) is 18.9. The van der Waals surface area contributed by atoms with Gasteiger partial charge in [-0.05, 0) is 19.1 Å². The van der Waals surface area contributed by atoms with Crippen molar-refractivity contribution in [3.8, 4) is 0 Å². The Balaban J connectivity index is -0.000000120. The van der Waals surface area contributed by atoms with Gasteiger partial charge >= 0.3 is 0 Å². The highest BCUT2D eigenvalue weighted by molar-refractivity contribution is 5.85. The van der Waals surface area contributed by atoms with Crippen LogP contribution in [0.1, 0.15) is 6.92 Å². The predicted molar refractivity (Wildman–Crippen MR) is 54.7 cm³/mol. The van der Waals surface area contributed by atoms with Crippen LogP contribution in [0.25, 0.3) is 0 Å². The summed E-state index contributed by atoms with van der Waals surface area (Å²) in [6.07, 6.45) is 3.86. The van der Waals surface area contributed by atoms with Gasteiger partial charge in [0.1, 0.15) is 0 Å². The standard InChI is InChI=1S/2C3H5NO.C3H6/c2*1-2-3(4)5;1-3-2/h2*2H,1H2,(H2,4,5);3H,1H2,2H3. The Labute approximate surface area is 78.6 Å². The SMILES string of the molecule is C=CC.C=CC(N)=O.C=CC(N)=O. The van der Waals surface area contributed by atoms with Crippen molar-refractivity contribution in [2.24, 2.45) is 11.5 Å². The summed E-state index contributed by atoms with van der Waals surface area (Å²) >= 11 is 0. The van der Waals surface area contributed by atoms with Gasteiger partial charge in [-0.15, -0.1) is 6.58 Å². The minimum atomic E-state index is -0.481. The van der Waals surface area contributed by atoms with Crippen molar-refractivity contribution < 1.29 is 9.59 Å². The lowest BCUT2D eigenvalue weighted by atomic mass is 10.6. The van der Waals surface area contributed by atoms with E-state index in [0.717, 1.165) is 12.2 Å². The molecule has 2 amide bonds. The average Bonchev–Trinajstić information content (AvgIpc) is 2.07. The average molecular weight is 184 g/mol. The maximum Gasteiger partial charge on any atom is 0.240 e. The molecule has 0 saturated heterocycles. The number of carbonyl (C=O) groups excluding carboxylic acids is 2. The molecule has 0 aromatic carbocycles. The highest BCUT2D eigenvalue weighted by Gasteiger charge is 1.69. The third kappa shape index (κ3) is 145. The number of hydrogen-bond donors (Lipinski definition) is 2. The molecule has 0 aliphatic rings. The van der Waals surface area contributed by atoms with Crippen molar-refractivity contribution >= 4 is 11.8 Å². The highest BCUT2D eigenvalue weighted by atomic mass is 16.1. The molecule has 13 heavy (non-hydrogen) atoms. The number of allylic oxidation sites excluding steroid dienone is 1. The number of amides is 2. The van der Waals surface area contributed by atoms with Crippen LogP contribution in [0.3, 0.4) is 0 Å². The van der Waals surface area contributed by atoms with Crippen LogP contribution in [0.4, 0.5) is 0 Å². The minimum Gasteiger partial charge on any atom is -0.366 e. The third-order valence-corrected chi connectivity index (χ3v) is 0.402. The first kappa shape index (κ1) is 17.3. The second-order valence-corrected chi connectivity index (χ2v) is 1.62. The van der Waals surface area contributed by atoms with E-state index in [0.29, 0.717) is 0 Å². The van der Waals surface area contributed by atoms with Gasteiger partial charge < -0.3 is 11.5 Å². The highest BCUT2D eigenvalue weighted by Crippen LogP contribution is 1.49. The van der Waals surface area contributed by atoms with E-state index < -0.39 is 11.8 Å². The predicted octanol–water partition coefficient (Wildman–Crippen LogP) is 0.508. The van der Waals surface area contributed by atoms with Crippen molar-refractivity contribution in [2.45, 2.75) is 6.92 Å². The van der Waals surface area contributed by atoms with Crippen LogP contribution in [0.5, 0.6) is 0 Å². The molecule has 0 heterocycles. The first-order chi connectivity index (χ1) is 5.95. The quantitative estimate of drug-likeness (QED) is 0.484. The van der Waals surface area contributed by atoms with Crippen LogP contribution in [-0.4, -0.2) is 11.8 Å². The van der Waals surface area contributed by atoms with Crippen LogP contribution < -0.4 is 11.5 Å². The Hall–Kier alpha value is -1.84. The van der Waals surface area contributed by atoms with E-state index in [1.54, 1.807) is 6.08 Å². The molecule has 0 fully saturated rings. The first-order valence-electron chi connectivity index (χ1n) is 3.37. The number of carbonyl (C=O) groups is 2. The van der Waals surface area contributed by atoms with Crippen molar-refractivity contribution in [3.63, 3.8) is 0 Å². The zero-order valence-corrected chi connectivity index (χ0v) is 7.82. The van der Waals surface area contributed by atoms with Gasteiger partial charge in [0.25, 0.3) is 0 Å². The molecule has 4 heteroatoms. The zero-order valence-electron chi connectivity index (χ0n) is 7.82. The van der Waals surface area contributed by atoms with Crippen molar-refractivity contribution in [3.05, 3.63) is 38.0 Å². The Morgan fingerprint density at radius 3 is 1.08 bits per heavy atom. The maximum absolute atomic E-state index is 9.47. The van der Waals surface area contributed by atoms with Crippen LogP contribution in [0.15, 0.2) is 38.0 Å². The van der Waals surface area contributed by atoms with E-state index in [2.05, 4.69) is 31.2 Å². The van der Waals surface area contributed by atoms with Gasteiger partial charge in [0.05, 0.1) is 0 Å². The lowest BCUT2D eigenvalue weighted by molar-refractivity contribution is -0.114. The van der Waals surface area contributed by atoms with Crippen molar-refractivity contribution in [2.75, 3.05) is 0 Å². The molecule has 0 aromatic heterocycles. The second-order valence-electron chi connectivity index (χ2n) is 1.62. The molecule has 74 valence electrons. The number of primary amides is 2. The molecule has 0 aromatic rings. The normalized spacial score (nSPS) is 5.92. The molecule has 0 aliphatic carbocycles. The third-order valence-electron chi connectivity index (χ3n) is 0.402. The Morgan fingerprint density at radius 2 is 1.08 bits per heavy atom. The van der Waals surface area contributed by atoms with Crippen LogP contribution in [-0.2, 0) is 9.59 Å². The summed E-state index contributed by atoms with van der Waals surface area (Å²) in [6.45, 7) is 11.4. The molecule has 4 N–H and O–H groups in total. The Kier molecular flexibility index (Phi) is 22.1. The molecule has 0 unspecified atom stereocenters. The summed E-state index contributed by atoms with van der Waals surface area (Å²) in [7, 11) is 0. The van der Waals surface area contributed by atoms with Gasteiger partial charge in [-0.25, -0.2) is 0 Å². The van der Waals surface area contributed by atoms with Gasteiger partial charge in [-0.1, -0.05) is 19.2 Å². The fourth-order valence-corrected chi connectivity index (χ4v) is 0. The fraction of sp³-hybridized carbons (Fsp3) is 0.111.